The molecule has 2 aromatic heterocycles. The van der Waals surface area contributed by atoms with Crippen LogP contribution in [0, 0.1) is 0 Å². The van der Waals surface area contributed by atoms with Crippen LogP contribution in [0.5, 0.6) is 0 Å². The second-order valence-electron chi connectivity index (χ2n) is 6.49. The first-order valence-corrected chi connectivity index (χ1v) is 8.61. The maximum atomic E-state index is 5.71. The Morgan fingerprint density at radius 1 is 1.28 bits per heavy atom. The van der Waals surface area contributed by atoms with Crippen molar-refractivity contribution in [2.75, 3.05) is 37.7 Å². The van der Waals surface area contributed by atoms with Crippen molar-refractivity contribution in [3.05, 3.63) is 30.4 Å². The minimum absolute atomic E-state index is 0.0607. The van der Waals surface area contributed by atoms with E-state index in [1.807, 2.05) is 6.92 Å². The van der Waals surface area contributed by atoms with Crippen molar-refractivity contribution < 1.29 is 9.26 Å². The summed E-state index contributed by atoms with van der Waals surface area (Å²) in [6.45, 7) is 10.4. The van der Waals surface area contributed by atoms with E-state index in [1.54, 1.807) is 12.4 Å². The number of nitrogens with zero attached hydrogens (tertiary/aromatic N) is 5. The molecule has 0 spiro atoms. The minimum Gasteiger partial charge on any atom is -0.373 e. The Morgan fingerprint density at radius 3 is 2.84 bits per heavy atom. The van der Waals surface area contributed by atoms with Crippen LogP contribution >= 0.6 is 0 Å². The van der Waals surface area contributed by atoms with Gasteiger partial charge in [0, 0.05) is 32.8 Å². The van der Waals surface area contributed by atoms with Crippen LogP contribution < -0.4 is 10.2 Å². The van der Waals surface area contributed by atoms with Gasteiger partial charge in [-0.05, 0) is 13.3 Å². The van der Waals surface area contributed by atoms with Crippen LogP contribution in [0.25, 0.3) is 11.5 Å². The third kappa shape index (κ3) is 3.27. The molecule has 2 aromatic rings. The predicted octanol–water partition coefficient (Wildman–Crippen LogP) is 1.38. The summed E-state index contributed by atoms with van der Waals surface area (Å²) in [6, 6.07) is 0. The zero-order valence-corrected chi connectivity index (χ0v) is 14.3. The number of piperazine rings is 1. The molecule has 0 amide bonds. The number of hydrogen-bond donors (Lipinski definition) is 1. The summed E-state index contributed by atoms with van der Waals surface area (Å²) in [5.74, 6) is 1.97. The maximum absolute atomic E-state index is 5.71. The van der Waals surface area contributed by atoms with Crippen molar-refractivity contribution in [3.8, 4) is 11.5 Å². The molecule has 0 aromatic carbocycles. The number of nitrogens with one attached hydrogen (secondary N) is 1. The highest BCUT2D eigenvalue weighted by atomic mass is 16.5. The Labute approximate surface area is 146 Å². The van der Waals surface area contributed by atoms with E-state index in [-0.39, 0.29) is 12.0 Å². The van der Waals surface area contributed by atoms with Gasteiger partial charge in [0.05, 0.1) is 24.4 Å². The van der Waals surface area contributed by atoms with E-state index in [2.05, 4.69) is 36.9 Å². The molecule has 8 nitrogen and oxygen atoms in total. The van der Waals surface area contributed by atoms with Crippen molar-refractivity contribution in [3.63, 3.8) is 0 Å². The van der Waals surface area contributed by atoms with Gasteiger partial charge < -0.3 is 19.5 Å². The van der Waals surface area contributed by atoms with Crippen molar-refractivity contribution in [2.24, 2.45) is 0 Å². The van der Waals surface area contributed by atoms with Crippen LogP contribution in [0.15, 0.2) is 29.1 Å². The number of aromatic nitrogens is 4. The fourth-order valence-corrected chi connectivity index (χ4v) is 3.31. The van der Waals surface area contributed by atoms with Gasteiger partial charge in [0.15, 0.2) is 0 Å². The molecule has 2 saturated heterocycles. The van der Waals surface area contributed by atoms with Crippen LogP contribution in [0.3, 0.4) is 0 Å². The van der Waals surface area contributed by atoms with Gasteiger partial charge in [-0.25, -0.2) is 9.97 Å². The quantitative estimate of drug-likeness (QED) is 0.834. The van der Waals surface area contributed by atoms with E-state index >= 15 is 0 Å². The zero-order valence-electron chi connectivity index (χ0n) is 14.3. The third-order valence-electron chi connectivity index (χ3n) is 4.64. The lowest BCUT2D eigenvalue weighted by molar-refractivity contribution is 0.125. The molecule has 0 bridgehead atoms. The van der Waals surface area contributed by atoms with E-state index in [4.69, 9.17) is 9.26 Å². The van der Waals surface area contributed by atoms with Crippen molar-refractivity contribution in [1.29, 1.82) is 0 Å². The van der Waals surface area contributed by atoms with Crippen LogP contribution in [0.4, 0.5) is 5.82 Å². The highest BCUT2D eigenvalue weighted by Crippen LogP contribution is 2.34. The summed E-state index contributed by atoms with van der Waals surface area (Å²) < 4.78 is 11.2. The molecule has 2 aliphatic rings. The molecular formula is C17H22N6O2. The van der Waals surface area contributed by atoms with Crippen LogP contribution in [-0.2, 0) is 4.74 Å². The molecule has 4 heterocycles. The Balaban J connectivity index is 1.51. The topological polar surface area (TPSA) is 89.2 Å². The average Bonchev–Trinajstić information content (AvgIpc) is 3.32. The van der Waals surface area contributed by atoms with E-state index in [0.29, 0.717) is 24.0 Å². The van der Waals surface area contributed by atoms with E-state index in [1.165, 1.54) is 0 Å². The highest BCUT2D eigenvalue weighted by Gasteiger charge is 2.34. The molecular weight excluding hydrogens is 320 g/mol. The van der Waals surface area contributed by atoms with Gasteiger partial charge in [-0.15, -0.1) is 0 Å². The molecule has 0 saturated carbocycles. The van der Waals surface area contributed by atoms with Crippen LogP contribution in [0.1, 0.15) is 25.2 Å². The van der Waals surface area contributed by atoms with Gasteiger partial charge >= 0.3 is 0 Å². The van der Waals surface area contributed by atoms with Gasteiger partial charge in [-0.1, -0.05) is 17.3 Å². The maximum Gasteiger partial charge on any atom is 0.233 e. The summed E-state index contributed by atoms with van der Waals surface area (Å²) >= 11 is 0. The van der Waals surface area contributed by atoms with E-state index in [9.17, 15) is 0 Å². The first-order valence-electron chi connectivity index (χ1n) is 8.61. The van der Waals surface area contributed by atoms with Crippen molar-refractivity contribution in [1.82, 2.24) is 25.4 Å². The zero-order chi connectivity index (χ0) is 17.2. The Kier molecular flexibility index (Phi) is 4.46. The number of anilines is 1. The highest BCUT2D eigenvalue weighted by molar-refractivity contribution is 5.49. The predicted molar refractivity (Wildman–Crippen MR) is 92.3 cm³/mol. The summed E-state index contributed by atoms with van der Waals surface area (Å²) in [5.41, 5.74) is 1.59. The second-order valence-corrected chi connectivity index (χ2v) is 6.49. The second kappa shape index (κ2) is 6.89. The lowest BCUT2D eigenvalue weighted by Gasteiger charge is -2.27. The Hall–Kier alpha value is -2.32. The molecule has 0 unspecified atom stereocenters. The normalized spacial score (nSPS) is 23.8. The molecule has 2 fully saturated rings. The fourth-order valence-electron chi connectivity index (χ4n) is 3.31. The Morgan fingerprint density at radius 2 is 2.12 bits per heavy atom. The van der Waals surface area contributed by atoms with Crippen molar-refractivity contribution in [2.45, 2.75) is 25.4 Å². The smallest absolute Gasteiger partial charge is 0.233 e. The average molecular weight is 342 g/mol. The van der Waals surface area contributed by atoms with E-state index < -0.39 is 0 Å². The fraction of sp³-hybridized carbons (Fsp3) is 0.529. The summed E-state index contributed by atoms with van der Waals surface area (Å²) in [4.78, 5) is 15.7. The number of ether oxygens (including phenoxy) is 1. The molecule has 8 heteroatoms. The van der Waals surface area contributed by atoms with Crippen LogP contribution in [-0.4, -0.2) is 59.0 Å². The Bertz CT molecular complexity index is 738. The minimum atomic E-state index is -0.0607. The third-order valence-corrected chi connectivity index (χ3v) is 4.64. The largest absolute Gasteiger partial charge is 0.373 e. The molecule has 25 heavy (non-hydrogen) atoms. The van der Waals surface area contributed by atoms with Gasteiger partial charge in [-0.2, -0.15) is 4.98 Å². The summed E-state index contributed by atoms with van der Waals surface area (Å²) in [7, 11) is 0. The molecule has 1 N–H and O–H groups in total. The van der Waals surface area contributed by atoms with E-state index in [0.717, 1.165) is 44.0 Å². The van der Waals surface area contributed by atoms with Gasteiger partial charge in [0.25, 0.3) is 0 Å². The SMILES string of the molecule is C=C(C)[C@@H]1OCC[C@@H]1c1nc(-c2cnc(N3CCNCC3)cn2)no1. The summed E-state index contributed by atoms with van der Waals surface area (Å²) in [5, 5.41) is 7.39. The summed E-state index contributed by atoms with van der Waals surface area (Å²) in [6.07, 6.45) is 4.26. The number of hydrogen-bond acceptors (Lipinski definition) is 8. The molecule has 132 valence electrons. The molecule has 0 radical (unpaired) electrons. The number of rotatable bonds is 4. The first kappa shape index (κ1) is 16.2. The molecule has 2 atom stereocenters. The van der Waals surface area contributed by atoms with Gasteiger partial charge in [-0.3, -0.25) is 0 Å². The van der Waals surface area contributed by atoms with Crippen LogP contribution in [0.2, 0.25) is 0 Å². The standard InChI is InChI=1S/C17H22N6O2/c1-11(2)15-12(3-8-24-15)17-21-16(22-25-17)13-9-20-14(10-19-13)23-6-4-18-5-7-23/h9-10,12,15,18H,1,3-8H2,2H3/t12-,15-/m0/s1. The first-order chi connectivity index (χ1) is 12.2. The molecule has 2 aliphatic heterocycles. The van der Waals surface area contributed by atoms with Crippen molar-refractivity contribution >= 4 is 5.82 Å². The van der Waals surface area contributed by atoms with Gasteiger partial charge in [0.2, 0.25) is 11.7 Å². The lowest BCUT2D eigenvalue weighted by atomic mass is 9.97. The lowest BCUT2D eigenvalue weighted by Crippen LogP contribution is -2.43. The molecule has 4 rings (SSSR count). The van der Waals surface area contributed by atoms with Gasteiger partial charge in [0.1, 0.15) is 11.5 Å². The molecule has 0 aliphatic carbocycles. The monoisotopic (exact) mass is 342 g/mol.